The molecule has 0 radical (unpaired) electrons. The lowest BCUT2D eigenvalue weighted by Crippen LogP contribution is -2.53. The summed E-state index contributed by atoms with van der Waals surface area (Å²) in [5.74, 6) is -1.10. The highest BCUT2D eigenvalue weighted by atomic mass is 16.5. The number of ether oxygens (including phenoxy) is 1. The van der Waals surface area contributed by atoms with E-state index in [2.05, 4.69) is 16.2 Å². The molecule has 0 aliphatic carbocycles. The maximum absolute atomic E-state index is 12.6. The summed E-state index contributed by atoms with van der Waals surface area (Å²) < 4.78 is 5.33. The molecule has 0 spiro atoms. The summed E-state index contributed by atoms with van der Waals surface area (Å²) in [7, 11) is 0. The number of aryl methyl sites for hydroxylation is 1. The maximum Gasteiger partial charge on any atom is 0.276 e. The molecule has 3 N–H and O–H groups in total. The van der Waals surface area contributed by atoms with Crippen LogP contribution in [0.3, 0.4) is 0 Å². The fourth-order valence-corrected chi connectivity index (χ4v) is 2.85. The normalized spacial score (nSPS) is 11.2. The van der Waals surface area contributed by atoms with Gasteiger partial charge in [-0.1, -0.05) is 44.2 Å². The molecule has 0 aromatic heterocycles. The molecule has 2 aromatic carbocycles. The minimum absolute atomic E-state index is 0.134. The van der Waals surface area contributed by atoms with Crippen LogP contribution < -0.4 is 20.9 Å². The molecule has 8 heteroatoms. The van der Waals surface area contributed by atoms with Crippen molar-refractivity contribution < 1.29 is 19.1 Å². The summed E-state index contributed by atoms with van der Waals surface area (Å²) in [6, 6.07) is 14.8. The molecular weight excluding hydrogens is 396 g/mol. The van der Waals surface area contributed by atoms with E-state index in [1.54, 1.807) is 36.4 Å². The summed E-state index contributed by atoms with van der Waals surface area (Å²) in [4.78, 5) is 37.2. The number of carbonyl (C=O) groups is 3. The molecule has 2 aromatic rings. The first-order valence-corrected chi connectivity index (χ1v) is 9.89. The highest BCUT2D eigenvalue weighted by Gasteiger charge is 2.23. The highest BCUT2D eigenvalue weighted by Crippen LogP contribution is 2.16. The number of nitriles is 1. The number of hydrogen-bond donors (Lipinski definition) is 3. The topological polar surface area (TPSA) is 120 Å². The molecule has 0 saturated heterocycles. The third-order valence-electron chi connectivity index (χ3n) is 4.41. The second-order valence-electron chi connectivity index (χ2n) is 7.40. The Morgan fingerprint density at radius 1 is 1.03 bits per heavy atom. The number of rotatable bonds is 8. The number of amides is 3. The first kappa shape index (κ1) is 23.4. The molecule has 1 atom stereocenters. The van der Waals surface area contributed by atoms with Crippen molar-refractivity contribution in [3.05, 3.63) is 65.2 Å². The van der Waals surface area contributed by atoms with E-state index in [0.717, 1.165) is 5.56 Å². The minimum atomic E-state index is -0.826. The van der Waals surface area contributed by atoms with Crippen molar-refractivity contribution >= 4 is 17.7 Å². The van der Waals surface area contributed by atoms with Gasteiger partial charge in [0.15, 0.2) is 6.61 Å². The Morgan fingerprint density at radius 3 is 2.39 bits per heavy atom. The van der Waals surface area contributed by atoms with Crippen LogP contribution in [0.4, 0.5) is 0 Å². The monoisotopic (exact) mass is 422 g/mol. The van der Waals surface area contributed by atoms with Crippen LogP contribution in [0.15, 0.2) is 48.5 Å². The molecule has 0 bridgehead atoms. The number of benzene rings is 2. The standard InChI is InChI=1S/C23H26N4O4/c1-15(2)12-19(25-22(29)18-10-6-4-8-16(18)3)23(30)27-26-21(28)14-31-20-11-7-5-9-17(20)13-24/h4-11,15,19H,12,14H2,1-3H3,(H,25,29)(H,26,28)(H,27,30)/t19-/m0/s1. The molecule has 8 nitrogen and oxygen atoms in total. The van der Waals surface area contributed by atoms with Gasteiger partial charge in [0, 0.05) is 5.56 Å². The van der Waals surface area contributed by atoms with Crippen molar-refractivity contribution in [1.82, 2.24) is 16.2 Å². The molecule has 0 saturated carbocycles. The van der Waals surface area contributed by atoms with E-state index in [9.17, 15) is 14.4 Å². The average molecular weight is 422 g/mol. The summed E-state index contributed by atoms with van der Waals surface area (Å²) in [6.07, 6.45) is 0.394. The van der Waals surface area contributed by atoms with E-state index in [1.807, 2.05) is 39.0 Å². The lowest BCUT2D eigenvalue weighted by molar-refractivity contribution is -0.131. The number of carbonyl (C=O) groups excluding carboxylic acids is 3. The zero-order valence-electron chi connectivity index (χ0n) is 17.8. The number of nitrogens with one attached hydrogen (secondary N) is 3. The van der Waals surface area contributed by atoms with Crippen LogP contribution in [-0.4, -0.2) is 30.4 Å². The third-order valence-corrected chi connectivity index (χ3v) is 4.41. The second kappa shape index (κ2) is 11.4. The molecule has 0 heterocycles. The van der Waals surface area contributed by atoms with Crippen LogP contribution in [0.1, 0.15) is 41.8 Å². The summed E-state index contributed by atoms with van der Waals surface area (Å²) in [6.45, 7) is 5.29. The predicted molar refractivity (Wildman–Crippen MR) is 115 cm³/mol. The van der Waals surface area contributed by atoms with Crippen LogP contribution in [0, 0.1) is 24.2 Å². The van der Waals surface area contributed by atoms with E-state index < -0.39 is 17.9 Å². The van der Waals surface area contributed by atoms with Gasteiger partial charge >= 0.3 is 0 Å². The van der Waals surface area contributed by atoms with Gasteiger partial charge in [-0.15, -0.1) is 0 Å². The van der Waals surface area contributed by atoms with Gasteiger partial charge in [-0.3, -0.25) is 25.2 Å². The van der Waals surface area contributed by atoms with Crippen LogP contribution in [0.25, 0.3) is 0 Å². The van der Waals surface area contributed by atoms with E-state index in [4.69, 9.17) is 10.00 Å². The van der Waals surface area contributed by atoms with Gasteiger partial charge in [-0.05, 0) is 43.0 Å². The van der Waals surface area contributed by atoms with E-state index in [0.29, 0.717) is 17.5 Å². The molecule has 162 valence electrons. The minimum Gasteiger partial charge on any atom is -0.482 e. The molecule has 0 unspecified atom stereocenters. The Labute approximate surface area is 181 Å². The largest absolute Gasteiger partial charge is 0.482 e. The van der Waals surface area contributed by atoms with Gasteiger partial charge in [-0.25, -0.2) is 0 Å². The molecule has 0 aliphatic rings. The van der Waals surface area contributed by atoms with Crippen molar-refractivity contribution in [1.29, 1.82) is 5.26 Å². The zero-order chi connectivity index (χ0) is 22.8. The second-order valence-corrected chi connectivity index (χ2v) is 7.40. The average Bonchev–Trinajstić information content (AvgIpc) is 2.75. The number of para-hydroxylation sites is 1. The van der Waals surface area contributed by atoms with Gasteiger partial charge in [0.25, 0.3) is 17.7 Å². The van der Waals surface area contributed by atoms with Crippen LogP contribution in [0.5, 0.6) is 5.75 Å². The van der Waals surface area contributed by atoms with Crippen molar-refractivity contribution in [3.8, 4) is 11.8 Å². The number of hydrogen-bond acceptors (Lipinski definition) is 5. The SMILES string of the molecule is Cc1ccccc1C(=O)N[C@@H](CC(C)C)C(=O)NNC(=O)COc1ccccc1C#N. The predicted octanol–water partition coefficient (Wildman–Crippen LogP) is 2.24. The molecule has 31 heavy (non-hydrogen) atoms. The van der Waals surface area contributed by atoms with Gasteiger partial charge in [0.05, 0.1) is 5.56 Å². The number of nitrogens with zero attached hydrogens (tertiary/aromatic N) is 1. The Morgan fingerprint density at radius 2 is 1.71 bits per heavy atom. The first-order valence-electron chi connectivity index (χ1n) is 9.89. The Kier molecular flexibility index (Phi) is 8.58. The smallest absolute Gasteiger partial charge is 0.276 e. The molecule has 3 amide bonds. The van der Waals surface area contributed by atoms with Gasteiger partial charge in [0.1, 0.15) is 17.9 Å². The zero-order valence-corrected chi connectivity index (χ0v) is 17.8. The van der Waals surface area contributed by atoms with Gasteiger partial charge in [-0.2, -0.15) is 5.26 Å². The summed E-state index contributed by atoms with van der Waals surface area (Å²) in [5.41, 5.74) is 6.18. The molecule has 2 rings (SSSR count). The highest BCUT2D eigenvalue weighted by molar-refractivity contribution is 5.98. The lowest BCUT2D eigenvalue weighted by Gasteiger charge is -2.21. The van der Waals surface area contributed by atoms with Crippen LogP contribution >= 0.6 is 0 Å². The van der Waals surface area contributed by atoms with Crippen molar-refractivity contribution in [2.24, 2.45) is 5.92 Å². The quantitative estimate of drug-likeness (QED) is 0.564. The van der Waals surface area contributed by atoms with Gasteiger partial charge in [0.2, 0.25) is 0 Å². The lowest BCUT2D eigenvalue weighted by atomic mass is 10.0. The fraction of sp³-hybridized carbons (Fsp3) is 0.304. The molecular formula is C23H26N4O4. The Hall–Kier alpha value is -3.86. The molecule has 0 aliphatic heterocycles. The van der Waals surface area contributed by atoms with E-state index in [1.165, 1.54) is 0 Å². The summed E-state index contributed by atoms with van der Waals surface area (Å²) in [5, 5.41) is 11.8. The van der Waals surface area contributed by atoms with E-state index in [-0.39, 0.29) is 24.2 Å². The number of hydrazine groups is 1. The summed E-state index contributed by atoms with van der Waals surface area (Å²) >= 11 is 0. The van der Waals surface area contributed by atoms with Crippen LogP contribution in [-0.2, 0) is 9.59 Å². The van der Waals surface area contributed by atoms with Crippen molar-refractivity contribution in [3.63, 3.8) is 0 Å². The van der Waals surface area contributed by atoms with Gasteiger partial charge < -0.3 is 10.1 Å². The van der Waals surface area contributed by atoms with Crippen LogP contribution in [0.2, 0.25) is 0 Å². The maximum atomic E-state index is 12.6. The van der Waals surface area contributed by atoms with Crippen molar-refractivity contribution in [2.45, 2.75) is 33.2 Å². The fourth-order valence-electron chi connectivity index (χ4n) is 2.85. The first-order chi connectivity index (χ1) is 14.8. The Bertz CT molecular complexity index is 982. The van der Waals surface area contributed by atoms with Crippen molar-refractivity contribution in [2.75, 3.05) is 6.61 Å². The van der Waals surface area contributed by atoms with E-state index >= 15 is 0 Å². The Balaban J connectivity index is 1.92. The third kappa shape index (κ3) is 7.16. The molecule has 0 fully saturated rings.